The van der Waals surface area contributed by atoms with E-state index in [2.05, 4.69) is 10.3 Å². The van der Waals surface area contributed by atoms with E-state index < -0.39 is 12.2 Å². The van der Waals surface area contributed by atoms with Crippen LogP contribution in [-0.4, -0.2) is 79.8 Å². The first-order valence-electron chi connectivity index (χ1n) is 15.1. The number of morpholine rings is 1. The van der Waals surface area contributed by atoms with E-state index in [4.69, 9.17) is 9.47 Å². The van der Waals surface area contributed by atoms with Crippen molar-refractivity contribution >= 4 is 34.7 Å². The van der Waals surface area contributed by atoms with Crippen LogP contribution >= 0.6 is 0 Å². The van der Waals surface area contributed by atoms with Crippen molar-refractivity contribution in [1.82, 2.24) is 14.5 Å². The molecule has 244 valence electrons. The molecule has 6 rings (SSSR count). The maximum absolute atomic E-state index is 13.9. The molecule has 4 aromatic rings. The quantitative estimate of drug-likeness (QED) is 0.298. The highest BCUT2D eigenvalue weighted by Gasteiger charge is 2.30. The van der Waals surface area contributed by atoms with Crippen molar-refractivity contribution in [2.24, 2.45) is 7.05 Å². The number of para-hydroxylation sites is 1. The van der Waals surface area contributed by atoms with Crippen molar-refractivity contribution in [2.45, 2.75) is 13.0 Å². The van der Waals surface area contributed by atoms with Crippen molar-refractivity contribution in [2.75, 3.05) is 62.1 Å². The highest BCUT2D eigenvalue weighted by Crippen LogP contribution is 2.41. The van der Waals surface area contributed by atoms with Crippen LogP contribution in [0.25, 0.3) is 11.1 Å². The first-order chi connectivity index (χ1) is 22.6. The maximum atomic E-state index is 13.9. The van der Waals surface area contributed by atoms with E-state index >= 15 is 0 Å². The Kier molecular flexibility index (Phi) is 8.90. The molecule has 2 aliphatic rings. The number of hydrogen-bond donors (Lipinski definition) is 1. The van der Waals surface area contributed by atoms with Crippen LogP contribution in [0.2, 0.25) is 0 Å². The van der Waals surface area contributed by atoms with Gasteiger partial charge in [0.15, 0.2) is 5.75 Å². The van der Waals surface area contributed by atoms with Gasteiger partial charge in [0.05, 0.1) is 24.5 Å². The van der Waals surface area contributed by atoms with Gasteiger partial charge in [-0.3, -0.25) is 14.4 Å². The molecule has 2 aliphatic heterocycles. The van der Waals surface area contributed by atoms with Gasteiger partial charge in [-0.25, -0.2) is 4.98 Å². The summed E-state index contributed by atoms with van der Waals surface area (Å²) >= 11 is 0. The first-order valence-corrected chi connectivity index (χ1v) is 15.1. The number of carbonyl (C=O) groups is 2. The number of alkyl halides is 2. The van der Waals surface area contributed by atoms with Crippen molar-refractivity contribution in [1.29, 1.82) is 0 Å². The average molecular weight is 645 g/mol. The zero-order valence-electron chi connectivity index (χ0n) is 26.2. The lowest BCUT2D eigenvalue weighted by Crippen LogP contribution is -2.40. The third-order valence-electron chi connectivity index (χ3n) is 8.24. The monoisotopic (exact) mass is 644 g/mol. The predicted octanol–water partition coefficient (Wildman–Crippen LogP) is 4.53. The molecule has 1 saturated heterocycles. The molecule has 1 N–H and O–H groups in total. The van der Waals surface area contributed by atoms with Gasteiger partial charge < -0.3 is 34.1 Å². The number of rotatable bonds is 8. The summed E-state index contributed by atoms with van der Waals surface area (Å²) in [7, 11) is 5.38. The second-order valence-corrected chi connectivity index (χ2v) is 11.5. The molecule has 2 amide bonds. The van der Waals surface area contributed by atoms with E-state index in [0.717, 1.165) is 11.3 Å². The number of benzene rings is 2. The van der Waals surface area contributed by atoms with Crippen LogP contribution in [0.5, 0.6) is 5.75 Å². The summed E-state index contributed by atoms with van der Waals surface area (Å²) in [6.07, 6.45) is 3.47. The maximum Gasteiger partial charge on any atom is 0.387 e. The highest BCUT2D eigenvalue weighted by molar-refractivity contribution is 6.09. The fraction of sp³-hybridized carbons (Fsp3) is 0.294. The van der Waals surface area contributed by atoms with Crippen LogP contribution in [0, 0.1) is 0 Å². The number of ether oxygens (including phenoxy) is 2. The number of nitrogens with one attached hydrogen (secondary N) is 1. The Morgan fingerprint density at radius 3 is 2.51 bits per heavy atom. The number of fused-ring (bicyclic) bond motifs is 1. The van der Waals surface area contributed by atoms with E-state index in [0.29, 0.717) is 55.2 Å². The number of aromatic nitrogens is 2. The van der Waals surface area contributed by atoms with Crippen molar-refractivity contribution < 1.29 is 27.8 Å². The molecule has 0 aliphatic carbocycles. The lowest BCUT2D eigenvalue weighted by atomic mass is 9.96. The Labute approximate surface area is 269 Å². The van der Waals surface area contributed by atoms with Crippen molar-refractivity contribution in [3.8, 4) is 16.9 Å². The lowest BCUT2D eigenvalue weighted by Gasteiger charge is -2.31. The number of aryl methyl sites for hydroxylation is 1. The normalized spacial score (nSPS) is 14.6. The zero-order chi connectivity index (χ0) is 33.2. The Hall–Kier alpha value is -5.30. The van der Waals surface area contributed by atoms with Crippen LogP contribution < -0.4 is 25.4 Å². The number of halogens is 2. The largest absolute Gasteiger partial charge is 0.432 e. The minimum Gasteiger partial charge on any atom is -0.432 e. The van der Waals surface area contributed by atoms with E-state index in [1.807, 2.05) is 31.1 Å². The van der Waals surface area contributed by atoms with Crippen LogP contribution in [0.4, 0.5) is 31.7 Å². The molecular weight excluding hydrogens is 610 g/mol. The van der Waals surface area contributed by atoms with Gasteiger partial charge in [-0.1, -0.05) is 12.1 Å². The molecule has 0 unspecified atom stereocenters. The topological polar surface area (TPSA) is 109 Å². The van der Waals surface area contributed by atoms with Gasteiger partial charge in [0.2, 0.25) is 0 Å². The molecule has 13 heteroatoms. The SMILES string of the molecule is CN(C)c1ccc2c(c1)CCN(c1cccc(-c3cc(Nc4ccc(C(=O)N5CCOCC5)cn4)c(=O)n(C)c3)c1OC(F)F)C2=O. The van der Waals surface area contributed by atoms with Crippen LogP contribution in [0.1, 0.15) is 26.3 Å². The van der Waals surface area contributed by atoms with Gasteiger partial charge in [-0.2, -0.15) is 8.78 Å². The third-order valence-corrected chi connectivity index (χ3v) is 8.24. The van der Waals surface area contributed by atoms with Crippen LogP contribution in [0.3, 0.4) is 0 Å². The van der Waals surface area contributed by atoms with Gasteiger partial charge in [0, 0.05) is 75.5 Å². The summed E-state index contributed by atoms with van der Waals surface area (Å²) in [5.41, 5.74) is 3.32. The summed E-state index contributed by atoms with van der Waals surface area (Å²) in [5.74, 6) is -0.355. The summed E-state index contributed by atoms with van der Waals surface area (Å²) in [6.45, 7) is -0.954. The Morgan fingerprint density at radius 2 is 1.81 bits per heavy atom. The molecular formula is C34H34F2N6O5. The lowest BCUT2D eigenvalue weighted by molar-refractivity contribution is -0.0491. The average Bonchev–Trinajstić information content (AvgIpc) is 3.07. The molecule has 2 aromatic heterocycles. The molecule has 2 aromatic carbocycles. The number of carbonyl (C=O) groups excluding carboxylic acids is 2. The molecule has 0 saturated carbocycles. The highest BCUT2D eigenvalue weighted by atomic mass is 19.3. The molecule has 0 spiro atoms. The van der Waals surface area contributed by atoms with E-state index in [1.54, 1.807) is 48.3 Å². The van der Waals surface area contributed by atoms with Crippen molar-refractivity contribution in [3.05, 3.63) is 94.0 Å². The molecule has 0 atom stereocenters. The number of nitrogens with zero attached hydrogens (tertiary/aromatic N) is 5. The number of amides is 2. The predicted molar refractivity (Wildman–Crippen MR) is 174 cm³/mol. The molecule has 47 heavy (non-hydrogen) atoms. The van der Waals surface area contributed by atoms with E-state index in [1.165, 1.54) is 27.9 Å². The minimum absolute atomic E-state index is 0.123. The third kappa shape index (κ3) is 6.52. The van der Waals surface area contributed by atoms with Crippen molar-refractivity contribution in [3.63, 3.8) is 0 Å². The second-order valence-electron chi connectivity index (χ2n) is 11.5. The molecule has 0 radical (unpaired) electrons. The van der Waals surface area contributed by atoms with Gasteiger partial charge in [0.1, 0.15) is 11.5 Å². The summed E-state index contributed by atoms with van der Waals surface area (Å²) in [6, 6.07) is 15.1. The van der Waals surface area contributed by atoms with E-state index in [-0.39, 0.29) is 41.0 Å². The summed E-state index contributed by atoms with van der Waals surface area (Å²) < 4.78 is 39.5. The molecule has 11 nitrogen and oxygen atoms in total. The van der Waals surface area contributed by atoms with Crippen LogP contribution in [0.15, 0.2) is 71.8 Å². The van der Waals surface area contributed by atoms with E-state index in [9.17, 15) is 23.2 Å². The molecule has 1 fully saturated rings. The van der Waals surface area contributed by atoms with Gasteiger partial charge in [-0.15, -0.1) is 0 Å². The smallest absolute Gasteiger partial charge is 0.387 e. The number of pyridine rings is 2. The fourth-order valence-corrected chi connectivity index (χ4v) is 5.79. The minimum atomic E-state index is -3.17. The Bertz CT molecular complexity index is 1870. The second kappa shape index (κ2) is 13.2. The standard InChI is InChI=1S/C34H34F2N6O5/c1-39(2)24-8-9-26-21(17-24)11-12-42(32(26)44)28-6-4-5-25(30(28)47-34(35)36)23-18-27(33(45)40(3)20-23)38-29-10-7-22(19-37-29)31(43)41-13-15-46-16-14-41/h4-10,17-20,34H,11-16H2,1-3H3,(H,37,38). The summed E-state index contributed by atoms with van der Waals surface area (Å²) in [4.78, 5) is 49.0. The Morgan fingerprint density at radius 1 is 1.02 bits per heavy atom. The van der Waals surface area contributed by atoms with Gasteiger partial charge >= 0.3 is 6.61 Å². The fourth-order valence-electron chi connectivity index (χ4n) is 5.79. The van der Waals surface area contributed by atoms with Crippen LogP contribution in [-0.2, 0) is 18.2 Å². The molecule has 4 heterocycles. The summed E-state index contributed by atoms with van der Waals surface area (Å²) in [5, 5.41) is 2.99. The zero-order valence-corrected chi connectivity index (χ0v) is 26.2. The number of anilines is 4. The molecule has 0 bridgehead atoms. The first kappa shape index (κ1) is 31.7. The van der Waals surface area contributed by atoms with Gasteiger partial charge in [0.25, 0.3) is 17.4 Å². The Balaban J connectivity index is 1.32. The number of hydrogen-bond acceptors (Lipinski definition) is 8. The van der Waals surface area contributed by atoms with Gasteiger partial charge in [-0.05, 0) is 54.4 Å².